The van der Waals surface area contributed by atoms with Crippen LogP contribution in [0.25, 0.3) is 11.1 Å². The average molecular weight is 590 g/mol. The molecule has 4 aromatic rings. The van der Waals surface area contributed by atoms with Gasteiger partial charge in [0.15, 0.2) is 4.90 Å². The summed E-state index contributed by atoms with van der Waals surface area (Å²) < 4.78 is 82.2. The highest BCUT2D eigenvalue weighted by molar-refractivity contribution is 7.91. The maximum absolute atomic E-state index is 15.2. The molecule has 4 rings (SSSR count). The van der Waals surface area contributed by atoms with Crippen LogP contribution < -0.4 is 5.56 Å². The number of halogens is 3. The van der Waals surface area contributed by atoms with E-state index in [4.69, 9.17) is 9.47 Å². The molecule has 1 unspecified atom stereocenters. The monoisotopic (exact) mass is 589 g/mol. The van der Waals surface area contributed by atoms with Crippen molar-refractivity contribution in [2.24, 2.45) is 0 Å². The van der Waals surface area contributed by atoms with Crippen molar-refractivity contribution >= 4 is 9.84 Å². The van der Waals surface area contributed by atoms with Gasteiger partial charge in [-0.2, -0.15) is 9.37 Å². The van der Waals surface area contributed by atoms with Crippen molar-refractivity contribution in [2.75, 3.05) is 20.3 Å². The molecule has 216 valence electrons. The summed E-state index contributed by atoms with van der Waals surface area (Å²) in [6, 6.07) is 8.40. The third-order valence-electron chi connectivity index (χ3n) is 6.39. The lowest BCUT2D eigenvalue weighted by Gasteiger charge is -2.24. The van der Waals surface area contributed by atoms with Gasteiger partial charge in [-0.1, -0.05) is 18.2 Å². The number of aromatic nitrogens is 3. The molecular formula is C28H26F3N3O6S. The van der Waals surface area contributed by atoms with Crippen LogP contribution in [0.5, 0.6) is 5.88 Å². The van der Waals surface area contributed by atoms with Crippen LogP contribution in [0.4, 0.5) is 13.2 Å². The second-order valence-electron chi connectivity index (χ2n) is 8.94. The first-order valence-electron chi connectivity index (χ1n) is 12.3. The van der Waals surface area contributed by atoms with Crippen molar-refractivity contribution in [2.45, 2.75) is 36.3 Å². The van der Waals surface area contributed by atoms with Crippen LogP contribution in [0.15, 0.2) is 69.3 Å². The van der Waals surface area contributed by atoms with Crippen LogP contribution in [-0.4, -0.2) is 48.4 Å². The second kappa shape index (κ2) is 12.2. The minimum atomic E-state index is -4.87. The van der Waals surface area contributed by atoms with E-state index in [1.165, 1.54) is 38.3 Å². The maximum atomic E-state index is 15.2. The maximum Gasteiger partial charge on any atom is 0.277 e. The summed E-state index contributed by atoms with van der Waals surface area (Å²) in [4.78, 5) is 19.5. The predicted molar refractivity (Wildman–Crippen MR) is 142 cm³/mol. The van der Waals surface area contributed by atoms with Gasteiger partial charge in [-0.05, 0) is 55.3 Å². The Hall–Kier alpha value is -4.07. The lowest BCUT2D eigenvalue weighted by molar-refractivity contribution is 0.116. The van der Waals surface area contributed by atoms with Crippen LogP contribution in [0.2, 0.25) is 0 Å². The Bertz CT molecular complexity index is 1760. The normalized spacial score (nSPS) is 12.4. The molecule has 0 spiro atoms. The molecule has 2 aromatic heterocycles. The lowest BCUT2D eigenvalue weighted by atomic mass is 10.0. The average Bonchev–Trinajstić information content (AvgIpc) is 2.92. The molecule has 2 heterocycles. The molecule has 1 N–H and O–H groups in total. The van der Waals surface area contributed by atoms with Gasteiger partial charge in [0.1, 0.15) is 24.1 Å². The van der Waals surface area contributed by atoms with E-state index < -0.39 is 54.7 Å². The van der Waals surface area contributed by atoms with Gasteiger partial charge in [0.2, 0.25) is 21.7 Å². The lowest BCUT2D eigenvalue weighted by Crippen LogP contribution is -2.35. The molecule has 13 heteroatoms. The number of pyridine rings is 1. The summed E-state index contributed by atoms with van der Waals surface area (Å²) in [6.07, 6.45) is 1.15. The minimum absolute atomic E-state index is 0.0539. The zero-order valence-electron chi connectivity index (χ0n) is 22.3. The highest BCUT2D eigenvalue weighted by Gasteiger charge is 2.33. The van der Waals surface area contributed by atoms with E-state index in [2.05, 4.69) is 9.97 Å². The summed E-state index contributed by atoms with van der Waals surface area (Å²) in [6.45, 7) is 2.80. The molecule has 1 atom stereocenters. The van der Waals surface area contributed by atoms with Gasteiger partial charge in [-0.15, -0.1) is 0 Å². The molecule has 0 aliphatic heterocycles. The van der Waals surface area contributed by atoms with E-state index in [9.17, 15) is 27.1 Å². The number of ether oxygens (including phenoxy) is 2. The zero-order chi connectivity index (χ0) is 29.9. The van der Waals surface area contributed by atoms with E-state index in [1.807, 2.05) is 0 Å². The number of rotatable bonds is 10. The van der Waals surface area contributed by atoms with Gasteiger partial charge in [-0.25, -0.2) is 22.2 Å². The molecule has 0 radical (unpaired) electrons. The van der Waals surface area contributed by atoms with Crippen LogP contribution in [0.1, 0.15) is 29.9 Å². The molecule has 0 aliphatic rings. The summed E-state index contributed by atoms with van der Waals surface area (Å²) in [7, 11) is -3.53. The first-order chi connectivity index (χ1) is 19.5. The van der Waals surface area contributed by atoms with E-state index in [-0.39, 0.29) is 47.9 Å². The molecule has 0 bridgehead atoms. The van der Waals surface area contributed by atoms with Gasteiger partial charge in [0.05, 0.1) is 17.5 Å². The van der Waals surface area contributed by atoms with Gasteiger partial charge < -0.3 is 14.6 Å². The minimum Gasteiger partial charge on any atom is -0.492 e. The Balaban J connectivity index is 1.92. The van der Waals surface area contributed by atoms with Crippen molar-refractivity contribution in [1.29, 1.82) is 0 Å². The molecule has 0 aliphatic carbocycles. The van der Waals surface area contributed by atoms with Gasteiger partial charge in [0, 0.05) is 31.0 Å². The molecule has 0 fully saturated rings. The number of hydrogen-bond donors (Lipinski definition) is 1. The highest BCUT2D eigenvalue weighted by Crippen LogP contribution is 2.32. The number of nitrogens with zero attached hydrogens (tertiary/aromatic N) is 3. The number of methoxy groups -OCH3 is 1. The topological polar surface area (TPSA) is 121 Å². The van der Waals surface area contributed by atoms with E-state index in [0.29, 0.717) is 6.07 Å². The summed E-state index contributed by atoms with van der Waals surface area (Å²) in [5, 5.41) is 10.7. The predicted octanol–water partition coefficient (Wildman–Crippen LogP) is 4.34. The zero-order valence-corrected chi connectivity index (χ0v) is 23.1. The van der Waals surface area contributed by atoms with Gasteiger partial charge in [0.25, 0.3) is 5.56 Å². The molecule has 0 saturated heterocycles. The summed E-state index contributed by atoms with van der Waals surface area (Å²) in [5.41, 5.74) is -0.824. The Kier molecular flexibility index (Phi) is 8.90. The highest BCUT2D eigenvalue weighted by atomic mass is 32.2. The Morgan fingerprint density at radius 3 is 2.49 bits per heavy atom. The van der Waals surface area contributed by atoms with Crippen LogP contribution >= 0.6 is 0 Å². The summed E-state index contributed by atoms with van der Waals surface area (Å²) >= 11 is 0. The largest absolute Gasteiger partial charge is 0.492 e. The van der Waals surface area contributed by atoms with Crippen LogP contribution in [0.3, 0.4) is 0 Å². The van der Waals surface area contributed by atoms with Crippen LogP contribution in [0, 0.1) is 24.5 Å². The Morgan fingerprint density at radius 1 is 1.07 bits per heavy atom. The fourth-order valence-electron chi connectivity index (χ4n) is 4.39. The number of benzene rings is 2. The Labute approximate surface area is 233 Å². The van der Waals surface area contributed by atoms with E-state index in [0.717, 1.165) is 29.0 Å². The van der Waals surface area contributed by atoms with Crippen molar-refractivity contribution in [1.82, 2.24) is 14.5 Å². The molecule has 0 saturated carbocycles. The summed E-state index contributed by atoms with van der Waals surface area (Å²) in [5.74, 6) is -3.70. The second-order valence-corrected chi connectivity index (χ2v) is 10.8. The van der Waals surface area contributed by atoms with E-state index in [1.54, 1.807) is 6.92 Å². The standard InChI is InChI=1S/C28H26F3N3O6S/c1-4-40-15-24-33-27(35)25(28(36)34(24)23(14-39-3)17-6-5-7-18(29)12-17)41(37,38)19-8-9-21(22(30)13-19)20-10-11-32-26(31)16(20)2/h5-13,23,35H,4,14-15H2,1-3H3. The number of aromatic hydroxyl groups is 1. The third-order valence-corrected chi connectivity index (χ3v) is 8.16. The smallest absolute Gasteiger partial charge is 0.277 e. The van der Waals surface area contributed by atoms with Crippen molar-refractivity contribution in [3.63, 3.8) is 0 Å². The van der Waals surface area contributed by atoms with Crippen molar-refractivity contribution in [3.05, 3.63) is 99.6 Å². The van der Waals surface area contributed by atoms with Crippen molar-refractivity contribution in [3.8, 4) is 17.0 Å². The molecule has 2 aromatic carbocycles. The fourth-order valence-corrected chi connectivity index (χ4v) is 5.75. The van der Waals surface area contributed by atoms with Crippen molar-refractivity contribution < 1.29 is 36.2 Å². The molecule has 41 heavy (non-hydrogen) atoms. The SMILES string of the molecule is CCOCc1nc(O)c(S(=O)(=O)c2ccc(-c3ccnc(F)c3C)c(F)c2)c(=O)n1C(COC)c1cccc(F)c1. The molecule has 9 nitrogen and oxygen atoms in total. The third kappa shape index (κ3) is 5.87. The Morgan fingerprint density at radius 2 is 1.83 bits per heavy atom. The fraction of sp³-hybridized carbons (Fsp3) is 0.250. The van der Waals surface area contributed by atoms with E-state index >= 15 is 4.39 Å². The molecular weight excluding hydrogens is 563 g/mol. The van der Waals surface area contributed by atoms with Gasteiger partial charge in [-0.3, -0.25) is 9.36 Å². The first kappa shape index (κ1) is 29.9. The van der Waals surface area contributed by atoms with Crippen LogP contribution in [-0.2, 0) is 25.9 Å². The first-order valence-corrected chi connectivity index (χ1v) is 13.8. The number of sulfone groups is 1. The quantitative estimate of drug-likeness (QED) is 0.271. The molecule has 0 amide bonds. The number of hydrogen-bond acceptors (Lipinski definition) is 8. The van der Waals surface area contributed by atoms with Gasteiger partial charge >= 0.3 is 0 Å².